The normalized spacial score (nSPS) is 10.8. The van der Waals surface area contributed by atoms with Crippen molar-refractivity contribution in [1.82, 2.24) is 15.2 Å². The zero-order valence-electron chi connectivity index (χ0n) is 17.4. The summed E-state index contributed by atoms with van der Waals surface area (Å²) >= 11 is 0. The van der Waals surface area contributed by atoms with E-state index in [-0.39, 0.29) is 0 Å². The topological polar surface area (TPSA) is 88.4 Å². The van der Waals surface area contributed by atoms with Crippen LogP contribution in [0.1, 0.15) is 11.1 Å². The lowest BCUT2D eigenvalue weighted by atomic mass is 10.1. The Labute approximate surface area is 185 Å². The number of nitrogens with zero attached hydrogens (tertiary/aromatic N) is 3. The van der Waals surface area contributed by atoms with Crippen LogP contribution < -0.4 is 10.7 Å². The smallest absolute Gasteiger partial charge is 0.318 e. The fourth-order valence-corrected chi connectivity index (χ4v) is 3.05. The number of para-hydroxylation sites is 2. The SMILES string of the molecule is Cc1ccc(-c2nn(-c3ccccc3)cc2/C=N\NC(=O)C(=O)Nc2ccccc2)cc1. The van der Waals surface area contributed by atoms with Gasteiger partial charge >= 0.3 is 11.8 Å². The summed E-state index contributed by atoms with van der Waals surface area (Å²) in [5.41, 5.74) is 7.16. The van der Waals surface area contributed by atoms with Gasteiger partial charge in [0.2, 0.25) is 0 Å². The molecule has 0 atom stereocenters. The van der Waals surface area contributed by atoms with Gasteiger partial charge in [-0.2, -0.15) is 10.2 Å². The molecule has 0 unspecified atom stereocenters. The maximum Gasteiger partial charge on any atom is 0.329 e. The Bertz CT molecular complexity index is 1250. The number of carbonyl (C=O) groups excluding carboxylic acids is 2. The Morgan fingerprint density at radius 1 is 0.875 bits per heavy atom. The van der Waals surface area contributed by atoms with Crippen molar-refractivity contribution in [1.29, 1.82) is 0 Å². The predicted octanol–water partition coefficient (Wildman–Crippen LogP) is 3.94. The molecule has 1 heterocycles. The van der Waals surface area contributed by atoms with E-state index >= 15 is 0 Å². The molecule has 4 rings (SSSR count). The Morgan fingerprint density at radius 2 is 1.53 bits per heavy atom. The van der Waals surface area contributed by atoms with Gasteiger partial charge < -0.3 is 5.32 Å². The van der Waals surface area contributed by atoms with Crippen LogP contribution in [0.15, 0.2) is 96.2 Å². The summed E-state index contributed by atoms with van der Waals surface area (Å²) in [4.78, 5) is 24.1. The second-order valence-electron chi connectivity index (χ2n) is 7.10. The quantitative estimate of drug-likeness (QED) is 0.290. The Balaban J connectivity index is 1.54. The summed E-state index contributed by atoms with van der Waals surface area (Å²) in [5, 5.41) is 11.2. The molecule has 0 saturated carbocycles. The molecular formula is C25H21N5O2. The molecule has 0 radical (unpaired) electrons. The van der Waals surface area contributed by atoms with Crippen LogP contribution in [-0.4, -0.2) is 27.8 Å². The lowest BCUT2D eigenvalue weighted by molar-refractivity contribution is -0.136. The second-order valence-corrected chi connectivity index (χ2v) is 7.10. The molecule has 7 nitrogen and oxygen atoms in total. The van der Waals surface area contributed by atoms with Gasteiger partial charge in [-0.15, -0.1) is 0 Å². The number of carbonyl (C=O) groups is 2. The Kier molecular flexibility index (Phi) is 6.17. The van der Waals surface area contributed by atoms with Gasteiger partial charge in [-0.05, 0) is 31.2 Å². The van der Waals surface area contributed by atoms with Gasteiger partial charge in [0, 0.05) is 23.0 Å². The molecule has 4 aromatic rings. The van der Waals surface area contributed by atoms with E-state index in [4.69, 9.17) is 5.10 Å². The highest BCUT2D eigenvalue weighted by Gasteiger charge is 2.14. The third-order valence-electron chi connectivity index (χ3n) is 4.70. The first kappa shape index (κ1) is 20.7. The molecule has 0 aliphatic rings. The van der Waals surface area contributed by atoms with Crippen molar-refractivity contribution in [2.24, 2.45) is 5.10 Å². The number of aryl methyl sites for hydroxylation is 1. The van der Waals surface area contributed by atoms with E-state index in [0.29, 0.717) is 16.9 Å². The van der Waals surface area contributed by atoms with Crippen LogP contribution in [0.5, 0.6) is 0 Å². The van der Waals surface area contributed by atoms with Crippen LogP contribution in [0.2, 0.25) is 0 Å². The summed E-state index contributed by atoms with van der Waals surface area (Å²) in [7, 11) is 0. The summed E-state index contributed by atoms with van der Waals surface area (Å²) < 4.78 is 1.75. The first-order valence-electron chi connectivity index (χ1n) is 10.0. The van der Waals surface area contributed by atoms with Gasteiger partial charge in [-0.1, -0.05) is 66.2 Å². The average Bonchev–Trinajstić information content (AvgIpc) is 3.25. The number of amides is 2. The van der Waals surface area contributed by atoms with E-state index in [1.807, 2.05) is 73.8 Å². The van der Waals surface area contributed by atoms with Crippen LogP contribution in [0.4, 0.5) is 5.69 Å². The lowest BCUT2D eigenvalue weighted by Gasteiger charge is -2.03. The summed E-state index contributed by atoms with van der Waals surface area (Å²) in [6.07, 6.45) is 3.31. The molecule has 2 N–H and O–H groups in total. The molecule has 1 aromatic heterocycles. The fraction of sp³-hybridized carbons (Fsp3) is 0.0400. The van der Waals surface area contributed by atoms with Crippen LogP contribution in [0.25, 0.3) is 16.9 Å². The second kappa shape index (κ2) is 9.53. The maximum atomic E-state index is 12.1. The van der Waals surface area contributed by atoms with Gasteiger partial charge in [0.1, 0.15) is 5.69 Å². The standard InChI is InChI=1S/C25H21N5O2/c1-18-12-14-19(15-13-18)23-20(17-30(29-23)22-10-6-3-7-11-22)16-26-28-25(32)24(31)27-21-8-4-2-5-9-21/h2-17H,1H3,(H,27,31)(H,28,32)/b26-16-. The first-order chi connectivity index (χ1) is 15.6. The number of benzene rings is 3. The van der Waals surface area contributed by atoms with Crippen molar-refractivity contribution < 1.29 is 9.59 Å². The lowest BCUT2D eigenvalue weighted by Crippen LogP contribution is -2.32. The van der Waals surface area contributed by atoms with Crippen molar-refractivity contribution >= 4 is 23.7 Å². The van der Waals surface area contributed by atoms with Crippen LogP contribution >= 0.6 is 0 Å². The monoisotopic (exact) mass is 423 g/mol. The van der Waals surface area contributed by atoms with Crippen LogP contribution in [0, 0.1) is 6.92 Å². The maximum absolute atomic E-state index is 12.1. The highest BCUT2D eigenvalue weighted by molar-refractivity contribution is 6.39. The highest BCUT2D eigenvalue weighted by atomic mass is 16.2. The van der Waals surface area contributed by atoms with E-state index in [1.165, 1.54) is 6.21 Å². The van der Waals surface area contributed by atoms with Gasteiger partial charge in [0.15, 0.2) is 0 Å². The fourth-order valence-electron chi connectivity index (χ4n) is 3.05. The zero-order valence-corrected chi connectivity index (χ0v) is 17.4. The summed E-state index contributed by atoms with van der Waals surface area (Å²) in [6, 6.07) is 26.4. The van der Waals surface area contributed by atoms with E-state index in [0.717, 1.165) is 16.8 Å². The molecule has 0 aliphatic heterocycles. The Morgan fingerprint density at radius 3 is 2.22 bits per heavy atom. The van der Waals surface area contributed by atoms with Crippen LogP contribution in [0.3, 0.4) is 0 Å². The van der Waals surface area contributed by atoms with Crippen LogP contribution in [-0.2, 0) is 9.59 Å². The largest absolute Gasteiger partial charge is 0.329 e. The molecule has 0 spiro atoms. The minimum Gasteiger partial charge on any atom is -0.318 e. The molecule has 2 amide bonds. The number of nitrogens with one attached hydrogen (secondary N) is 2. The van der Waals surface area contributed by atoms with E-state index in [1.54, 1.807) is 28.9 Å². The van der Waals surface area contributed by atoms with Crippen molar-refractivity contribution in [3.05, 3.63) is 102 Å². The molecule has 0 fully saturated rings. The molecule has 7 heteroatoms. The van der Waals surface area contributed by atoms with E-state index in [9.17, 15) is 9.59 Å². The highest BCUT2D eigenvalue weighted by Crippen LogP contribution is 2.23. The summed E-state index contributed by atoms with van der Waals surface area (Å²) in [5.74, 6) is -1.66. The number of hydrazone groups is 1. The average molecular weight is 423 g/mol. The van der Waals surface area contributed by atoms with Crippen molar-refractivity contribution in [2.75, 3.05) is 5.32 Å². The molecule has 0 bridgehead atoms. The molecule has 0 aliphatic carbocycles. The van der Waals surface area contributed by atoms with Gasteiger partial charge in [0.25, 0.3) is 0 Å². The number of anilines is 1. The molecule has 32 heavy (non-hydrogen) atoms. The number of hydrogen-bond donors (Lipinski definition) is 2. The Hall–Kier alpha value is -4.52. The van der Waals surface area contributed by atoms with Crippen molar-refractivity contribution in [2.45, 2.75) is 6.92 Å². The van der Waals surface area contributed by atoms with Gasteiger partial charge in [-0.25, -0.2) is 10.1 Å². The summed E-state index contributed by atoms with van der Waals surface area (Å²) in [6.45, 7) is 2.02. The molecular weight excluding hydrogens is 402 g/mol. The zero-order chi connectivity index (χ0) is 22.3. The van der Waals surface area contributed by atoms with Gasteiger partial charge in [0.05, 0.1) is 11.9 Å². The predicted molar refractivity (Wildman–Crippen MR) is 125 cm³/mol. The number of hydrogen-bond acceptors (Lipinski definition) is 4. The third-order valence-corrected chi connectivity index (χ3v) is 4.70. The number of rotatable bonds is 5. The van der Waals surface area contributed by atoms with Gasteiger partial charge in [-0.3, -0.25) is 9.59 Å². The van der Waals surface area contributed by atoms with E-state index in [2.05, 4.69) is 15.8 Å². The van der Waals surface area contributed by atoms with Crippen molar-refractivity contribution in [3.63, 3.8) is 0 Å². The molecule has 158 valence electrons. The minimum atomic E-state index is -0.863. The molecule has 3 aromatic carbocycles. The molecule has 0 saturated heterocycles. The third kappa shape index (κ3) is 4.96. The van der Waals surface area contributed by atoms with E-state index < -0.39 is 11.8 Å². The van der Waals surface area contributed by atoms with Crippen molar-refractivity contribution in [3.8, 4) is 16.9 Å². The first-order valence-corrected chi connectivity index (χ1v) is 10.0. The number of aromatic nitrogens is 2. The minimum absolute atomic E-state index is 0.530.